The lowest BCUT2D eigenvalue weighted by molar-refractivity contribution is -0.385. The van der Waals surface area contributed by atoms with E-state index in [9.17, 15) is 38.3 Å². The third kappa shape index (κ3) is 4.09. The van der Waals surface area contributed by atoms with E-state index >= 15 is 0 Å². The molecular weight excluding hydrogens is 467 g/mol. The van der Waals surface area contributed by atoms with Crippen LogP contribution in [0.5, 0.6) is 0 Å². The second-order valence-electron chi connectivity index (χ2n) is 7.33. The number of aromatic nitrogens is 4. The van der Waals surface area contributed by atoms with Crippen molar-refractivity contribution in [3.05, 3.63) is 52.1 Å². The Labute approximate surface area is 187 Å². The van der Waals surface area contributed by atoms with Gasteiger partial charge in [0.25, 0.3) is 11.6 Å². The molecule has 4 rings (SSSR count). The van der Waals surface area contributed by atoms with Gasteiger partial charge in [0.15, 0.2) is 17.7 Å². The van der Waals surface area contributed by atoms with Gasteiger partial charge in [-0.2, -0.15) is 13.2 Å². The maximum absolute atomic E-state index is 12.9. The van der Waals surface area contributed by atoms with Crippen molar-refractivity contribution in [3.63, 3.8) is 0 Å². The highest BCUT2D eigenvalue weighted by atomic mass is 19.4. The summed E-state index contributed by atoms with van der Waals surface area (Å²) in [7, 11) is 0. The van der Waals surface area contributed by atoms with Gasteiger partial charge in [-0.25, -0.2) is 15.0 Å². The fraction of sp³-hybridized carbons (Fsp3) is 0.333. The lowest BCUT2D eigenvalue weighted by Gasteiger charge is -2.16. The zero-order valence-electron chi connectivity index (χ0n) is 16.9. The van der Waals surface area contributed by atoms with Gasteiger partial charge in [0.05, 0.1) is 16.8 Å². The van der Waals surface area contributed by atoms with E-state index in [0.717, 1.165) is 0 Å². The molecule has 180 valence electrons. The number of ether oxygens (including phenoxy) is 1. The first kappa shape index (κ1) is 23.3. The fourth-order valence-corrected chi connectivity index (χ4v) is 3.52. The van der Waals surface area contributed by atoms with E-state index in [1.807, 2.05) is 0 Å². The van der Waals surface area contributed by atoms with E-state index in [1.165, 1.54) is 17.2 Å². The molecule has 4 atom stereocenters. The Bertz CT molecular complexity index is 1270. The van der Waals surface area contributed by atoms with Crippen molar-refractivity contribution in [2.24, 2.45) is 0 Å². The second kappa shape index (κ2) is 8.47. The number of hydrogen-bond donors (Lipinski definition) is 4. The molecule has 0 radical (unpaired) electrons. The first-order valence-electron chi connectivity index (χ1n) is 9.57. The molecule has 1 amide bonds. The summed E-state index contributed by atoms with van der Waals surface area (Å²) in [6.07, 6.45) is -7.71. The van der Waals surface area contributed by atoms with E-state index in [4.69, 9.17) is 10.5 Å². The number of nitrogens with two attached hydrogens (primary N) is 1. The zero-order valence-corrected chi connectivity index (χ0v) is 16.9. The quantitative estimate of drug-likeness (QED) is 0.291. The van der Waals surface area contributed by atoms with Crippen molar-refractivity contribution in [3.8, 4) is 0 Å². The Morgan fingerprint density at radius 2 is 2.00 bits per heavy atom. The number of fused-ring (bicyclic) bond motifs is 1. The first-order valence-corrected chi connectivity index (χ1v) is 9.57. The number of nitrogen functional groups attached to an aromatic ring is 1. The SMILES string of the molecule is Nc1ncnc2c1ncn2[C@@H]1O[C@H](CNC(=O)c2ccc(C(F)(F)F)cc2[N+](=O)[O-])[C@@H](O)[C@H]1O. The molecule has 0 unspecified atom stereocenters. The summed E-state index contributed by atoms with van der Waals surface area (Å²) < 4.78 is 45.5. The zero-order chi connectivity index (χ0) is 24.8. The van der Waals surface area contributed by atoms with Crippen LogP contribution in [-0.2, 0) is 10.9 Å². The van der Waals surface area contributed by atoms with Crippen LogP contribution >= 0.6 is 0 Å². The molecule has 13 nitrogen and oxygen atoms in total. The maximum Gasteiger partial charge on any atom is 0.416 e. The third-order valence-electron chi connectivity index (χ3n) is 5.23. The average Bonchev–Trinajstić information content (AvgIpc) is 3.33. The summed E-state index contributed by atoms with van der Waals surface area (Å²) in [5.41, 5.74) is 3.23. The van der Waals surface area contributed by atoms with Crippen molar-refractivity contribution in [2.75, 3.05) is 12.3 Å². The molecule has 1 aliphatic rings. The number of nitrogens with zero attached hydrogens (tertiary/aromatic N) is 5. The van der Waals surface area contributed by atoms with Crippen molar-refractivity contribution in [1.29, 1.82) is 0 Å². The topological polar surface area (TPSA) is 192 Å². The molecule has 34 heavy (non-hydrogen) atoms. The van der Waals surface area contributed by atoms with Crippen LogP contribution < -0.4 is 11.1 Å². The van der Waals surface area contributed by atoms with Gasteiger partial charge in [0.2, 0.25) is 0 Å². The van der Waals surface area contributed by atoms with E-state index in [0.29, 0.717) is 12.1 Å². The van der Waals surface area contributed by atoms with Gasteiger partial charge in [0, 0.05) is 12.6 Å². The van der Waals surface area contributed by atoms with Crippen molar-refractivity contribution in [2.45, 2.75) is 30.7 Å². The highest BCUT2D eigenvalue weighted by Crippen LogP contribution is 2.34. The highest BCUT2D eigenvalue weighted by Gasteiger charge is 2.44. The minimum Gasteiger partial charge on any atom is -0.387 e. The Kier molecular flexibility index (Phi) is 5.80. The Morgan fingerprint density at radius 1 is 1.26 bits per heavy atom. The number of imidazole rings is 1. The monoisotopic (exact) mass is 483 g/mol. The van der Waals surface area contributed by atoms with Gasteiger partial charge in [-0.15, -0.1) is 0 Å². The van der Waals surface area contributed by atoms with E-state index in [2.05, 4.69) is 20.3 Å². The number of aliphatic hydroxyl groups is 2. The third-order valence-corrected chi connectivity index (χ3v) is 5.23. The molecule has 2 aromatic heterocycles. The van der Waals surface area contributed by atoms with Gasteiger partial charge in [-0.3, -0.25) is 19.5 Å². The van der Waals surface area contributed by atoms with Crippen LogP contribution in [0.15, 0.2) is 30.9 Å². The summed E-state index contributed by atoms with van der Waals surface area (Å²) in [6.45, 7) is -0.421. The lowest BCUT2D eigenvalue weighted by atomic mass is 10.1. The number of aliphatic hydroxyl groups excluding tert-OH is 2. The van der Waals surface area contributed by atoms with Crippen LogP contribution in [0.3, 0.4) is 0 Å². The van der Waals surface area contributed by atoms with Crippen molar-refractivity contribution < 1.29 is 37.8 Å². The normalized spacial score (nSPS) is 22.7. The number of alkyl halides is 3. The number of nitrogens with one attached hydrogen (secondary N) is 1. The molecule has 16 heteroatoms. The number of nitro benzene ring substituents is 1. The summed E-state index contributed by atoms with van der Waals surface area (Å²) in [6, 6.07) is 1.48. The van der Waals surface area contributed by atoms with Gasteiger partial charge in [0.1, 0.15) is 35.7 Å². The van der Waals surface area contributed by atoms with E-state index in [1.54, 1.807) is 0 Å². The predicted octanol–water partition coefficient (Wildman–Crippen LogP) is 0.385. The lowest BCUT2D eigenvalue weighted by Crippen LogP contribution is -2.40. The molecular formula is C18H16F3N7O6. The van der Waals surface area contributed by atoms with Gasteiger partial charge in [-0.1, -0.05) is 0 Å². The van der Waals surface area contributed by atoms with Crippen LogP contribution in [-0.4, -0.2) is 65.4 Å². The smallest absolute Gasteiger partial charge is 0.387 e. The van der Waals surface area contributed by atoms with Gasteiger partial charge < -0.3 is 26.0 Å². The number of hydrogen-bond acceptors (Lipinski definition) is 10. The maximum atomic E-state index is 12.9. The molecule has 0 aliphatic carbocycles. The summed E-state index contributed by atoms with van der Waals surface area (Å²) in [5.74, 6) is -0.985. The Hall–Kier alpha value is -3.89. The Morgan fingerprint density at radius 3 is 2.68 bits per heavy atom. The highest BCUT2D eigenvalue weighted by molar-refractivity contribution is 5.98. The number of anilines is 1. The number of nitro groups is 1. The summed E-state index contributed by atoms with van der Waals surface area (Å²) >= 11 is 0. The fourth-order valence-electron chi connectivity index (χ4n) is 3.52. The van der Waals surface area contributed by atoms with Gasteiger partial charge >= 0.3 is 6.18 Å². The minimum absolute atomic E-state index is 0.0822. The number of rotatable bonds is 5. The first-order chi connectivity index (χ1) is 16.0. The molecule has 1 aliphatic heterocycles. The van der Waals surface area contributed by atoms with E-state index < -0.39 is 64.9 Å². The molecule has 3 aromatic rings. The molecule has 0 saturated carbocycles. The summed E-state index contributed by atoms with van der Waals surface area (Å²) in [4.78, 5) is 34.4. The minimum atomic E-state index is -4.83. The molecule has 3 heterocycles. The number of carbonyl (C=O) groups excluding carboxylic acids is 1. The average molecular weight is 483 g/mol. The molecule has 0 bridgehead atoms. The van der Waals surface area contributed by atoms with Crippen LogP contribution in [0.2, 0.25) is 0 Å². The second-order valence-corrected chi connectivity index (χ2v) is 7.33. The number of halogens is 3. The van der Waals surface area contributed by atoms with Crippen molar-refractivity contribution in [1.82, 2.24) is 24.8 Å². The number of carbonyl (C=O) groups is 1. The molecule has 1 fully saturated rings. The van der Waals surface area contributed by atoms with Crippen LogP contribution in [0.1, 0.15) is 22.1 Å². The van der Waals surface area contributed by atoms with Crippen LogP contribution in [0.4, 0.5) is 24.7 Å². The number of amides is 1. The Balaban J connectivity index is 1.50. The standard InChI is InChI=1S/C18H16F3N7O6/c19-18(20,21)7-1-2-8(9(3-7)28(32)33)16(31)23-4-10-12(29)13(30)17(34-10)27-6-26-11-14(22)24-5-25-15(11)27/h1-3,5-6,10,12-13,17,29-30H,4H2,(H,23,31)(H2,22,24,25)/t10-,12-,13-,17-/m1/s1. The van der Waals surface area contributed by atoms with E-state index in [-0.39, 0.29) is 23.0 Å². The predicted molar refractivity (Wildman–Crippen MR) is 106 cm³/mol. The largest absolute Gasteiger partial charge is 0.416 e. The molecule has 1 saturated heterocycles. The van der Waals surface area contributed by atoms with Gasteiger partial charge in [-0.05, 0) is 12.1 Å². The van der Waals surface area contributed by atoms with Crippen LogP contribution in [0.25, 0.3) is 11.2 Å². The molecule has 1 aromatic carbocycles. The number of benzene rings is 1. The molecule has 5 N–H and O–H groups in total. The molecule has 0 spiro atoms. The van der Waals surface area contributed by atoms with Crippen LogP contribution in [0, 0.1) is 10.1 Å². The summed E-state index contributed by atoms with van der Waals surface area (Å²) in [5, 5.41) is 34.2. The van der Waals surface area contributed by atoms with Crippen molar-refractivity contribution >= 4 is 28.6 Å².